The fraction of sp³-hybridized carbons (Fsp3) is 0.462. The van der Waals surface area contributed by atoms with Gasteiger partial charge in [-0.15, -0.1) is 0 Å². The van der Waals surface area contributed by atoms with Crippen LogP contribution < -0.4 is 10.6 Å². The second kappa shape index (κ2) is 7.28. The van der Waals surface area contributed by atoms with Gasteiger partial charge in [0.15, 0.2) is 5.11 Å². The van der Waals surface area contributed by atoms with Gasteiger partial charge in [0.2, 0.25) is 0 Å². The minimum atomic E-state index is -0.195. The van der Waals surface area contributed by atoms with Crippen LogP contribution in [-0.4, -0.2) is 25.4 Å². The van der Waals surface area contributed by atoms with Crippen molar-refractivity contribution in [1.29, 1.82) is 0 Å². The van der Waals surface area contributed by atoms with Crippen LogP contribution in [0.15, 0.2) is 18.2 Å². The summed E-state index contributed by atoms with van der Waals surface area (Å²) in [6, 6.07) is 5.16. The van der Waals surface area contributed by atoms with Gasteiger partial charge in [0.25, 0.3) is 0 Å². The molecule has 0 aliphatic rings. The Labute approximate surface area is 113 Å². The predicted octanol–water partition coefficient (Wildman–Crippen LogP) is 2.31. The molecule has 1 rings (SSSR count). The van der Waals surface area contributed by atoms with Gasteiger partial charge in [-0.25, -0.2) is 4.39 Å². The number of aryl methyl sites for hydroxylation is 1. The first-order valence-corrected chi connectivity index (χ1v) is 6.24. The first kappa shape index (κ1) is 14.9. The molecule has 18 heavy (non-hydrogen) atoms. The molecule has 0 saturated heterocycles. The average molecular weight is 270 g/mol. The van der Waals surface area contributed by atoms with Crippen LogP contribution in [0.4, 0.5) is 4.39 Å². The van der Waals surface area contributed by atoms with Gasteiger partial charge < -0.3 is 15.4 Å². The number of methoxy groups -OCH3 is 1. The third-order valence-corrected chi connectivity index (χ3v) is 2.90. The molecule has 0 spiro atoms. The quantitative estimate of drug-likeness (QED) is 0.635. The average Bonchev–Trinajstić information content (AvgIpc) is 2.33. The van der Waals surface area contributed by atoms with Crippen LogP contribution in [-0.2, 0) is 4.74 Å². The summed E-state index contributed by atoms with van der Waals surface area (Å²) in [6.07, 6.45) is 0. The van der Waals surface area contributed by atoms with E-state index in [1.807, 2.05) is 13.0 Å². The summed E-state index contributed by atoms with van der Waals surface area (Å²) in [5.74, 6) is -0.195. The van der Waals surface area contributed by atoms with Crippen LogP contribution in [0.3, 0.4) is 0 Å². The number of hydrogen-bond donors (Lipinski definition) is 2. The van der Waals surface area contributed by atoms with E-state index in [1.165, 1.54) is 6.07 Å². The molecule has 100 valence electrons. The van der Waals surface area contributed by atoms with Crippen molar-refractivity contribution in [2.45, 2.75) is 19.9 Å². The normalized spacial score (nSPS) is 12.0. The molecule has 0 heterocycles. The van der Waals surface area contributed by atoms with E-state index in [4.69, 9.17) is 17.0 Å². The molecule has 1 atom stereocenters. The summed E-state index contributed by atoms with van der Waals surface area (Å²) in [4.78, 5) is 0. The molecular formula is C13H19FN2OS. The van der Waals surface area contributed by atoms with Crippen LogP contribution in [0.25, 0.3) is 0 Å². The van der Waals surface area contributed by atoms with E-state index in [0.29, 0.717) is 23.8 Å². The maximum atomic E-state index is 13.4. The van der Waals surface area contributed by atoms with Gasteiger partial charge in [-0.05, 0) is 43.3 Å². The Bertz CT molecular complexity index is 412. The minimum Gasteiger partial charge on any atom is -0.383 e. The molecule has 1 aromatic rings. The van der Waals surface area contributed by atoms with Crippen LogP contribution in [0.1, 0.15) is 24.1 Å². The summed E-state index contributed by atoms with van der Waals surface area (Å²) < 4.78 is 18.3. The monoisotopic (exact) mass is 270 g/mol. The number of rotatable bonds is 5. The summed E-state index contributed by atoms with van der Waals surface area (Å²) in [7, 11) is 1.63. The van der Waals surface area contributed by atoms with Crippen molar-refractivity contribution in [3.8, 4) is 0 Å². The Balaban J connectivity index is 2.51. The lowest BCUT2D eigenvalue weighted by Gasteiger charge is -2.17. The zero-order valence-electron chi connectivity index (χ0n) is 10.9. The van der Waals surface area contributed by atoms with Gasteiger partial charge in [-0.1, -0.05) is 12.1 Å². The van der Waals surface area contributed by atoms with E-state index in [0.717, 1.165) is 5.56 Å². The summed E-state index contributed by atoms with van der Waals surface area (Å²) >= 11 is 5.13. The highest BCUT2D eigenvalue weighted by Gasteiger charge is 2.08. The third-order valence-electron chi connectivity index (χ3n) is 2.64. The van der Waals surface area contributed by atoms with E-state index >= 15 is 0 Å². The molecule has 0 radical (unpaired) electrons. The topological polar surface area (TPSA) is 33.3 Å². The van der Waals surface area contributed by atoms with Crippen LogP contribution >= 0.6 is 12.2 Å². The Morgan fingerprint density at radius 3 is 2.83 bits per heavy atom. The SMILES string of the molecule is COCCNC(=S)NC(C)c1ccc(C)c(F)c1. The molecule has 0 amide bonds. The van der Waals surface area contributed by atoms with Gasteiger partial charge in [0, 0.05) is 13.7 Å². The van der Waals surface area contributed by atoms with E-state index < -0.39 is 0 Å². The summed E-state index contributed by atoms with van der Waals surface area (Å²) in [5, 5.41) is 6.65. The van der Waals surface area contributed by atoms with Crippen molar-refractivity contribution in [3.05, 3.63) is 35.1 Å². The lowest BCUT2D eigenvalue weighted by Crippen LogP contribution is -2.38. The first-order valence-electron chi connectivity index (χ1n) is 5.84. The van der Waals surface area contributed by atoms with Crippen molar-refractivity contribution < 1.29 is 9.13 Å². The lowest BCUT2D eigenvalue weighted by molar-refractivity contribution is 0.204. The van der Waals surface area contributed by atoms with E-state index in [2.05, 4.69) is 10.6 Å². The standard InChI is InChI=1S/C13H19FN2OS/c1-9-4-5-11(8-12(9)14)10(2)16-13(18)15-6-7-17-3/h4-5,8,10H,6-7H2,1-3H3,(H2,15,16,18). The zero-order valence-corrected chi connectivity index (χ0v) is 11.7. The molecule has 0 saturated carbocycles. The molecule has 2 N–H and O–H groups in total. The minimum absolute atomic E-state index is 0.0392. The highest BCUT2D eigenvalue weighted by Crippen LogP contribution is 2.15. The molecule has 0 aromatic heterocycles. The maximum absolute atomic E-state index is 13.4. The van der Waals surface area contributed by atoms with E-state index in [-0.39, 0.29) is 11.9 Å². The molecule has 0 aliphatic carbocycles. The number of hydrogen-bond acceptors (Lipinski definition) is 2. The van der Waals surface area contributed by atoms with Gasteiger partial charge in [0.1, 0.15) is 5.82 Å². The first-order chi connectivity index (χ1) is 8.54. The van der Waals surface area contributed by atoms with Crippen molar-refractivity contribution >= 4 is 17.3 Å². The predicted molar refractivity (Wildman–Crippen MR) is 75.2 cm³/mol. The number of nitrogens with one attached hydrogen (secondary N) is 2. The maximum Gasteiger partial charge on any atom is 0.166 e. The van der Waals surface area contributed by atoms with Crippen LogP contribution in [0, 0.1) is 12.7 Å². The van der Waals surface area contributed by atoms with Crippen LogP contribution in [0.2, 0.25) is 0 Å². The van der Waals surface area contributed by atoms with E-state index in [1.54, 1.807) is 20.1 Å². The third kappa shape index (κ3) is 4.58. The Morgan fingerprint density at radius 1 is 1.50 bits per heavy atom. The fourth-order valence-corrected chi connectivity index (χ4v) is 1.75. The Morgan fingerprint density at radius 2 is 2.22 bits per heavy atom. The van der Waals surface area contributed by atoms with Gasteiger partial charge >= 0.3 is 0 Å². The molecule has 0 bridgehead atoms. The van der Waals surface area contributed by atoms with Crippen molar-refractivity contribution in [1.82, 2.24) is 10.6 Å². The zero-order chi connectivity index (χ0) is 13.5. The van der Waals surface area contributed by atoms with Crippen molar-refractivity contribution in [2.75, 3.05) is 20.3 Å². The highest BCUT2D eigenvalue weighted by molar-refractivity contribution is 7.80. The molecule has 0 fully saturated rings. The molecule has 1 unspecified atom stereocenters. The smallest absolute Gasteiger partial charge is 0.166 e. The highest BCUT2D eigenvalue weighted by atomic mass is 32.1. The fourth-order valence-electron chi connectivity index (χ4n) is 1.48. The summed E-state index contributed by atoms with van der Waals surface area (Å²) in [5.41, 5.74) is 1.51. The number of halogens is 1. The van der Waals surface area contributed by atoms with Crippen molar-refractivity contribution in [3.63, 3.8) is 0 Å². The second-order valence-corrected chi connectivity index (χ2v) is 4.53. The molecule has 0 aliphatic heterocycles. The second-order valence-electron chi connectivity index (χ2n) is 4.12. The number of thiocarbonyl (C=S) groups is 1. The Kier molecular flexibility index (Phi) is 6.01. The van der Waals surface area contributed by atoms with E-state index in [9.17, 15) is 4.39 Å². The van der Waals surface area contributed by atoms with Gasteiger partial charge in [-0.2, -0.15) is 0 Å². The number of ether oxygens (including phenoxy) is 1. The lowest BCUT2D eigenvalue weighted by atomic mass is 10.1. The van der Waals surface area contributed by atoms with Gasteiger partial charge in [0.05, 0.1) is 12.6 Å². The molecular weight excluding hydrogens is 251 g/mol. The largest absolute Gasteiger partial charge is 0.383 e. The molecule has 5 heteroatoms. The molecule has 1 aromatic carbocycles. The molecule has 3 nitrogen and oxygen atoms in total. The van der Waals surface area contributed by atoms with Gasteiger partial charge in [-0.3, -0.25) is 0 Å². The van der Waals surface area contributed by atoms with Crippen molar-refractivity contribution in [2.24, 2.45) is 0 Å². The summed E-state index contributed by atoms with van der Waals surface area (Å²) in [6.45, 7) is 4.93. The van der Waals surface area contributed by atoms with Crippen LogP contribution in [0.5, 0.6) is 0 Å². The number of benzene rings is 1. The Hall–Kier alpha value is -1.20.